The fourth-order valence-electron chi connectivity index (χ4n) is 1.99. The number of esters is 1. The number of nitrogen functional groups attached to an aromatic ring is 1. The molecule has 0 bridgehead atoms. The molecule has 0 aliphatic carbocycles. The van der Waals surface area contributed by atoms with Crippen molar-refractivity contribution in [2.75, 3.05) is 42.3 Å². The molecule has 0 unspecified atom stereocenters. The van der Waals surface area contributed by atoms with Gasteiger partial charge in [-0.15, -0.1) is 11.3 Å². The molecule has 1 fully saturated rings. The summed E-state index contributed by atoms with van der Waals surface area (Å²) in [5, 5.41) is 9.84. The molecule has 1 aliphatic heterocycles. The van der Waals surface area contributed by atoms with Gasteiger partial charge in [0.05, 0.1) is 12.8 Å². The number of hydrogen-bond donors (Lipinski definition) is 1. The smallest absolute Gasteiger partial charge is 0.343 e. The summed E-state index contributed by atoms with van der Waals surface area (Å²) in [6.07, 6.45) is 1.06. The zero-order valence-electron chi connectivity index (χ0n) is 10.6. The summed E-state index contributed by atoms with van der Waals surface area (Å²) >= 11 is 3.18. The number of rotatable bonds is 2. The average molecular weight is 297 g/mol. The summed E-state index contributed by atoms with van der Waals surface area (Å²) in [5.74, 6) is 1.67. The molecule has 0 atom stereocenters. The van der Waals surface area contributed by atoms with Gasteiger partial charge < -0.3 is 15.4 Å². The van der Waals surface area contributed by atoms with Gasteiger partial charge in [0.1, 0.15) is 21.5 Å². The number of methoxy groups -OCH3 is 1. The number of nitrogens with two attached hydrogens (primary N) is 1. The topological polar surface area (TPSA) is 79.3 Å². The Balaban J connectivity index is 2.43. The maximum absolute atomic E-state index is 11.9. The van der Waals surface area contributed by atoms with Crippen molar-refractivity contribution in [3.05, 3.63) is 10.4 Å². The van der Waals surface area contributed by atoms with Gasteiger partial charge in [0.25, 0.3) is 0 Å². The summed E-state index contributed by atoms with van der Waals surface area (Å²) in [7, 11) is 1.33. The summed E-state index contributed by atoms with van der Waals surface area (Å²) in [4.78, 5) is 14.4. The van der Waals surface area contributed by atoms with Crippen molar-refractivity contribution in [2.45, 2.75) is 6.42 Å². The molecule has 1 aliphatic rings. The molecule has 19 heavy (non-hydrogen) atoms. The lowest BCUT2D eigenvalue weighted by Gasteiger charge is -2.21. The summed E-state index contributed by atoms with van der Waals surface area (Å²) in [6, 6.07) is 2.04. The van der Waals surface area contributed by atoms with Crippen LogP contribution in [0.5, 0.6) is 0 Å². The van der Waals surface area contributed by atoms with Crippen LogP contribution in [-0.4, -0.2) is 37.7 Å². The molecule has 2 heterocycles. The third-order valence-corrected chi connectivity index (χ3v) is 5.15. The molecule has 7 heteroatoms. The van der Waals surface area contributed by atoms with Gasteiger partial charge in [0.2, 0.25) is 0 Å². The van der Waals surface area contributed by atoms with E-state index in [9.17, 15) is 4.79 Å². The number of carbonyl (C=O) groups excluding carboxylic acids is 1. The zero-order chi connectivity index (χ0) is 13.8. The Bertz CT molecular complexity index is 514. The molecule has 0 aromatic carbocycles. The lowest BCUT2D eigenvalue weighted by molar-refractivity contribution is 0.0603. The van der Waals surface area contributed by atoms with Crippen LogP contribution in [0.2, 0.25) is 0 Å². The Labute approximate surface area is 120 Å². The van der Waals surface area contributed by atoms with Crippen molar-refractivity contribution in [3.63, 3.8) is 0 Å². The highest BCUT2D eigenvalue weighted by atomic mass is 32.2. The van der Waals surface area contributed by atoms with Crippen LogP contribution in [0.3, 0.4) is 0 Å². The SMILES string of the molecule is COC(=O)c1c(N2CCCSCC2)sc(C#N)c1N. The van der Waals surface area contributed by atoms with E-state index in [1.54, 1.807) is 0 Å². The van der Waals surface area contributed by atoms with Gasteiger partial charge in [-0.1, -0.05) is 0 Å². The monoisotopic (exact) mass is 297 g/mol. The first-order valence-corrected chi connectivity index (χ1v) is 7.89. The number of carbonyl (C=O) groups is 1. The van der Waals surface area contributed by atoms with E-state index >= 15 is 0 Å². The third kappa shape index (κ3) is 2.80. The molecule has 0 spiro atoms. The van der Waals surface area contributed by atoms with Gasteiger partial charge in [-0.2, -0.15) is 17.0 Å². The fourth-order valence-corrected chi connectivity index (χ4v) is 3.93. The molecule has 1 aromatic heterocycles. The Hall–Kier alpha value is -1.39. The quantitative estimate of drug-likeness (QED) is 0.840. The standard InChI is InChI=1S/C12H15N3O2S2/c1-17-12(16)9-10(14)8(7-13)19-11(9)15-3-2-5-18-6-4-15/h2-6,14H2,1H3. The van der Waals surface area contributed by atoms with Crippen LogP contribution in [0.4, 0.5) is 10.7 Å². The van der Waals surface area contributed by atoms with E-state index in [4.69, 9.17) is 15.7 Å². The second-order valence-electron chi connectivity index (χ2n) is 4.08. The lowest BCUT2D eigenvalue weighted by Crippen LogP contribution is -2.26. The van der Waals surface area contributed by atoms with E-state index in [1.165, 1.54) is 18.4 Å². The third-order valence-electron chi connectivity index (χ3n) is 2.93. The first-order chi connectivity index (χ1) is 9.19. The number of hydrogen-bond acceptors (Lipinski definition) is 7. The molecule has 1 saturated heterocycles. The van der Waals surface area contributed by atoms with E-state index < -0.39 is 5.97 Å². The highest BCUT2D eigenvalue weighted by Crippen LogP contribution is 2.39. The Morgan fingerprint density at radius 3 is 2.95 bits per heavy atom. The van der Waals surface area contributed by atoms with Crippen LogP contribution in [-0.2, 0) is 4.74 Å². The normalized spacial score (nSPS) is 15.7. The number of thioether (sulfide) groups is 1. The second-order valence-corrected chi connectivity index (χ2v) is 6.31. The summed E-state index contributed by atoms with van der Waals surface area (Å²) < 4.78 is 4.78. The molecule has 102 valence electrons. The number of ether oxygens (including phenoxy) is 1. The van der Waals surface area contributed by atoms with Gasteiger partial charge in [-0.25, -0.2) is 4.79 Å². The highest BCUT2D eigenvalue weighted by molar-refractivity contribution is 7.99. The minimum atomic E-state index is -0.470. The van der Waals surface area contributed by atoms with Gasteiger partial charge in [-0.05, 0) is 12.2 Å². The molecule has 0 saturated carbocycles. The van der Waals surface area contributed by atoms with Crippen LogP contribution in [0, 0.1) is 11.3 Å². The predicted octanol–water partition coefficient (Wildman–Crippen LogP) is 1.93. The molecule has 2 N–H and O–H groups in total. The Morgan fingerprint density at radius 1 is 1.47 bits per heavy atom. The Morgan fingerprint density at radius 2 is 2.26 bits per heavy atom. The summed E-state index contributed by atoms with van der Waals surface area (Å²) in [6.45, 7) is 1.74. The van der Waals surface area contributed by atoms with Crippen LogP contribution >= 0.6 is 23.1 Å². The maximum atomic E-state index is 11.9. The average Bonchev–Trinajstić information content (AvgIpc) is 2.61. The maximum Gasteiger partial charge on any atom is 0.343 e. The van der Waals surface area contributed by atoms with E-state index in [-0.39, 0.29) is 5.69 Å². The van der Waals surface area contributed by atoms with E-state index in [0.717, 1.165) is 36.0 Å². The first kappa shape index (κ1) is 14.0. The van der Waals surface area contributed by atoms with Gasteiger partial charge >= 0.3 is 5.97 Å². The van der Waals surface area contributed by atoms with E-state index in [0.29, 0.717) is 10.4 Å². The van der Waals surface area contributed by atoms with Crippen LogP contribution < -0.4 is 10.6 Å². The van der Waals surface area contributed by atoms with Crippen LogP contribution in [0.25, 0.3) is 0 Å². The number of thiophene rings is 1. The molecular weight excluding hydrogens is 282 g/mol. The first-order valence-electron chi connectivity index (χ1n) is 5.92. The van der Waals surface area contributed by atoms with Gasteiger partial charge in [0.15, 0.2) is 0 Å². The minimum absolute atomic E-state index is 0.242. The molecule has 0 radical (unpaired) electrons. The Kier molecular flexibility index (Phi) is 4.56. The van der Waals surface area contributed by atoms with Crippen molar-refractivity contribution in [2.24, 2.45) is 0 Å². The van der Waals surface area contributed by atoms with Crippen LogP contribution in [0.15, 0.2) is 0 Å². The second kappa shape index (κ2) is 6.17. The van der Waals surface area contributed by atoms with E-state index in [1.807, 2.05) is 17.8 Å². The molecule has 0 amide bonds. The van der Waals surface area contributed by atoms with Crippen molar-refractivity contribution in [1.82, 2.24) is 0 Å². The van der Waals surface area contributed by atoms with Crippen molar-refractivity contribution in [3.8, 4) is 6.07 Å². The predicted molar refractivity (Wildman–Crippen MR) is 78.9 cm³/mol. The number of nitrogens with zero attached hydrogens (tertiary/aromatic N) is 2. The van der Waals surface area contributed by atoms with Gasteiger partial charge in [0, 0.05) is 18.8 Å². The van der Waals surface area contributed by atoms with Crippen molar-refractivity contribution in [1.29, 1.82) is 5.26 Å². The minimum Gasteiger partial charge on any atom is -0.465 e. The van der Waals surface area contributed by atoms with E-state index in [2.05, 4.69) is 4.90 Å². The largest absolute Gasteiger partial charge is 0.465 e. The molecular formula is C12H15N3O2S2. The highest BCUT2D eigenvalue weighted by Gasteiger charge is 2.26. The van der Waals surface area contributed by atoms with Crippen molar-refractivity contribution >= 4 is 39.8 Å². The molecule has 2 rings (SSSR count). The fraction of sp³-hybridized carbons (Fsp3) is 0.500. The lowest BCUT2D eigenvalue weighted by atomic mass is 10.2. The summed E-state index contributed by atoms with van der Waals surface area (Å²) in [5.41, 5.74) is 6.48. The molecule has 5 nitrogen and oxygen atoms in total. The van der Waals surface area contributed by atoms with Crippen LogP contribution in [0.1, 0.15) is 21.7 Å². The van der Waals surface area contributed by atoms with Gasteiger partial charge in [-0.3, -0.25) is 0 Å². The molecule has 1 aromatic rings. The van der Waals surface area contributed by atoms with Crippen molar-refractivity contribution < 1.29 is 9.53 Å². The number of nitriles is 1. The number of anilines is 2. The zero-order valence-corrected chi connectivity index (χ0v) is 12.3.